The van der Waals surface area contributed by atoms with Crippen LogP contribution in [0.2, 0.25) is 0 Å². The number of hydrogen-bond acceptors (Lipinski definition) is 5. The Morgan fingerprint density at radius 2 is 2.00 bits per heavy atom. The number of nitrogens with zero attached hydrogens (tertiary/aromatic N) is 5. The SMILES string of the molecule is Cc1ncc(CN2CCCC(c3cc(=O)[nH]c(N4CCCCC4)n3)C2)n1C. The minimum Gasteiger partial charge on any atom is -0.342 e. The molecule has 2 aliphatic rings. The molecule has 7 nitrogen and oxygen atoms in total. The fraction of sp³-hybridized carbons (Fsp3) is 0.650. The number of hydrogen-bond donors (Lipinski definition) is 1. The molecule has 0 amide bonds. The second-order valence-electron chi connectivity index (χ2n) is 7.97. The van der Waals surface area contributed by atoms with Gasteiger partial charge in [-0.2, -0.15) is 0 Å². The predicted octanol–water partition coefficient (Wildman–Crippen LogP) is 2.18. The summed E-state index contributed by atoms with van der Waals surface area (Å²) in [6, 6.07) is 1.70. The van der Waals surface area contributed by atoms with Crippen LogP contribution in [0.25, 0.3) is 0 Å². The molecule has 27 heavy (non-hydrogen) atoms. The molecular weight excluding hydrogens is 340 g/mol. The number of nitrogens with one attached hydrogen (secondary N) is 1. The zero-order chi connectivity index (χ0) is 18.8. The second-order valence-corrected chi connectivity index (χ2v) is 7.97. The van der Waals surface area contributed by atoms with Gasteiger partial charge in [0.2, 0.25) is 5.95 Å². The summed E-state index contributed by atoms with van der Waals surface area (Å²) < 4.78 is 2.16. The molecule has 2 fully saturated rings. The van der Waals surface area contributed by atoms with Gasteiger partial charge in [-0.05, 0) is 45.6 Å². The number of rotatable bonds is 4. The van der Waals surface area contributed by atoms with Crippen LogP contribution >= 0.6 is 0 Å². The molecule has 0 aromatic carbocycles. The summed E-state index contributed by atoms with van der Waals surface area (Å²) in [7, 11) is 2.07. The molecule has 2 aliphatic heterocycles. The monoisotopic (exact) mass is 370 g/mol. The van der Waals surface area contributed by atoms with Crippen molar-refractivity contribution in [1.29, 1.82) is 0 Å². The maximum Gasteiger partial charge on any atom is 0.252 e. The Hall–Kier alpha value is -2.15. The van der Waals surface area contributed by atoms with Crippen molar-refractivity contribution < 1.29 is 0 Å². The van der Waals surface area contributed by atoms with E-state index in [9.17, 15) is 4.79 Å². The highest BCUT2D eigenvalue weighted by atomic mass is 16.1. The second kappa shape index (κ2) is 7.84. The highest BCUT2D eigenvalue weighted by Crippen LogP contribution is 2.27. The molecule has 4 heterocycles. The van der Waals surface area contributed by atoms with Gasteiger partial charge in [-0.25, -0.2) is 9.97 Å². The summed E-state index contributed by atoms with van der Waals surface area (Å²) >= 11 is 0. The first-order valence-corrected chi connectivity index (χ1v) is 10.2. The lowest BCUT2D eigenvalue weighted by atomic mass is 9.94. The minimum absolute atomic E-state index is 0.0278. The third kappa shape index (κ3) is 4.08. The van der Waals surface area contributed by atoms with Crippen molar-refractivity contribution >= 4 is 5.95 Å². The third-order valence-corrected chi connectivity index (χ3v) is 6.03. The molecule has 1 N–H and O–H groups in total. The molecule has 0 bridgehead atoms. The van der Waals surface area contributed by atoms with E-state index in [1.807, 2.05) is 13.1 Å². The van der Waals surface area contributed by atoms with Gasteiger partial charge in [-0.3, -0.25) is 14.7 Å². The van der Waals surface area contributed by atoms with Crippen molar-refractivity contribution in [2.24, 2.45) is 7.05 Å². The molecule has 0 radical (unpaired) electrons. The average Bonchev–Trinajstić information content (AvgIpc) is 3.00. The molecule has 2 aromatic heterocycles. The lowest BCUT2D eigenvalue weighted by Gasteiger charge is -2.33. The van der Waals surface area contributed by atoms with E-state index in [2.05, 4.69) is 31.4 Å². The minimum atomic E-state index is -0.0278. The smallest absolute Gasteiger partial charge is 0.252 e. The molecule has 0 saturated carbocycles. The molecule has 0 spiro atoms. The topological polar surface area (TPSA) is 70.1 Å². The first-order valence-electron chi connectivity index (χ1n) is 10.2. The molecule has 7 heteroatoms. The third-order valence-electron chi connectivity index (χ3n) is 6.03. The first kappa shape index (κ1) is 18.2. The fourth-order valence-corrected chi connectivity index (χ4v) is 4.29. The summed E-state index contributed by atoms with van der Waals surface area (Å²) in [6.07, 6.45) is 7.82. The maximum atomic E-state index is 12.3. The highest BCUT2D eigenvalue weighted by molar-refractivity contribution is 5.31. The van der Waals surface area contributed by atoms with Crippen LogP contribution in [0, 0.1) is 6.92 Å². The number of piperidine rings is 2. The van der Waals surface area contributed by atoms with Crippen LogP contribution in [-0.2, 0) is 13.6 Å². The normalized spacial score (nSPS) is 21.6. The van der Waals surface area contributed by atoms with Crippen molar-refractivity contribution in [1.82, 2.24) is 24.4 Å². The molecule has 1 unspecified atom stereocenters. The number of aromatic amines is 1. The number of aryl methyl sites for hydroxylation is 1. The van der Waals surface area contributed by atoms with Gasteiger partial charge < -0.3 is 9.47 Å². The summed E-state index contributed by atoms with van der Waals surface area (Å²) in [5, 5.41) is 0. The molecule has 146 valence electrons. The molecule has 4 rings (SSSR count). The van der Waals surface area contributed by atoms with Crippen molar-refractivity contribution in [2.45, 2.75) is 51.5 Å². The zero-order valence-corrected chi connectivity index (χ0v) is 16.4. The van der Waals surface area contributed by atoms with Crippen LogP contribution in [0.3, 0.4) is 0 Å². The van der Waals surface area contributed by atoms with E-state index < -0.39 is 0 Å². The van der Waals surface area contributed by atoms with E-state index in [1.54, 1.807) is 6.07 Å². The Morgan fingerprint density at radius 3 is 2.74 bits per heavy atom. The van der Waals surface area contributed by atoms with E-state index in [0.717, 1.165) is 63.0 Å². The van der Waals surface area contributed by atoms with Crippen LogP contribution in [0.1, 0.15) is 55.2 Å². The quantitative estimate of drug-likeness (QED) is 0.893. The van der Waals surface area contributed by atoms with Gasteiger partial charge in [0.1, 0.15) is 5.82 Å². The van der Waals surface area contributed by atoms with Crippen molar-refractivity contribution in [3.05, 3.63) is 39.8 Å². The van der Waals surface area contributed by atoms with E-state index >= 15 is 0 Å². The lowest BCUT2D eigenvalue weighted by Crippen LogP contribution is -2.36. The predicted molar refractivity (Wildman–Crippen MR) is 106 cm³/mol. The van der Waals surface area contributed by atoms with Crippen molar-refractivity contribution in [2.75, 3.05) is 31.1 Å². The zero-order valence-electron chi connectivity index (χ0n) is 16.4. The van der Waals surface area contributed by atoms with Crippen molar-refractivity contribution in [3.8, 4) is 0 Å². The Kier molecular flexibility index (Phi) is 5.29. The van der Waals surface area contributed by atoms with Crippen molar-refractivity contribution in [3.63, 3.8) is 0 Å². The van der Waals surface area contributed by atoms with Crippen LogP contribution in [-0.4, -0.2) is 50.6 Å². The Labute approximate surface area is 160 Å². The number of anilines is 1. The van der Waals surface area contributed by atoms with E-state index in [-0.39, 0.29) is 5.56 Å². The standard InChI is InChI=1S/C20H30N6O/c1-15-21-12-17(24(15)2)14-25-8-6-7-16(13-25)18-11-19(27)23-20(22-18)26-9-4-3-5-10-26/h11-12,16H,3-10,13-14H2,1-2H3,(H,22,23,27). The summed E-state index contributed by atoms with van der Waals surface area (Å²) in [5.74, 6) is 2.12. The largest absolute Gasteiger partial charge is 0.342 e. The highest BCUT2D eigenvalue weighted by Gasteiger charge is 2.25. The van der Waals surface area contributed by atoms with Gasteiger partial charge in [0.15, 0.2) is 0 Å². The molecule has 2 saturated heterocycles. The van der Waals surface area contributed by atoms with Gasteiger partial charge in [-0.1, -0.05) is 0 Å². The average molecular weight is 371 g/mol. The molecular formula is C20H30N6O. The number of H-pyrrole nitrogens is 1. The fourth-order valence-electron chi connectivity index (χ4n) is 4.29. The number of imidazole rings is 1. The van der Waals surface area contributed by atoms with Crippen LogP contribution in [0.5, 0.6) is 0 Å². The summed E-state index contributed by atoms with van der Waals surface area (Å²) in [6.45, 7) is 6.94. The van der Waals surface area contributed by atoms with Crippen LogP contribution < -0.4 is 10.5 Å². The maximum absolute atomic E-state index is 12.3. The van der Waals surface area contributed by atoms with Crippen LogP contribution in [0.4, 0.5) is 5.95 Å². The van der Waals surface area contributed by atoms with Gasteiger partial charge in [0, 0.05) is 51.4 Å². The summed E-state index contributed by atoms with van der Waals surface area (Å²) in [5.41, 5.74) is 2.16. The number of likely N-dealkylation sites (tertiary alicyclic amines) is 1. The van der Waals surface area contributed by atoms with E-state index in [0.29, 0.717) is 5.92 Å². The Bertz CT molecular complexity index is 835. The van der Waals surface area contributed by atoms with Gasteiger partial charge in [-0.15, -0.1) is 0 Å². The molecule has 2 aromatic rings. The van der Waals surface area contributed by atoms with Gasteiger partial charge in [0.25, 0.3) is 5.56 Å². The lowest BCUT2D eigenvalue weighted by molar-refractivity contribution is 0.194. The first-order chi connectivity index (χ1) is 13.1. The Balaban J connectivity index is 1.50. The molecule has 0 aliphatic carbocycles. The van der Waals surface area contributed by atoms with E-state index in [4.69, 9.17) is 4.98 Å². The van der Waals surface area contributed by atoms with Gasteiger partial charge in [0.05, 0.1) is 11.4 Å². The molecule has 1 atom stereocenters. The number of aromatic nitrogens is 4. The van der Waals surface area contributed by atoms with Crippen LogP contribution in [0.15, 0.2) is 17.1 Å². The van der Waals surface area contributed by atoms with Gasteiger partial charge >= 0.3 is 0 Å². The summed E-state index contributed by atoms with van der Waals surface area (Å²) in [4.78, 5) is 29.2. The Morgan fingerprint density at radius 1 is 1.19 bits per heavy atom. The van der Waals surface area contributed by atoms with E-state index in [1.165, 1.54) is 25.0 Å².